The zero-order valence-electron chi connectivity index (χ0n) is 16.8. The summed E-state index contributed by atoms with van der Waals surface area (Å²) in [4.78, 5) is 21.4. The topological polar surface area (TPSA) is 58.6 Å². The summed E-state index contributed by atoms with van der Waals surface area (Å²) in [5, 5.41) is 0.410. The van der Waals surface area contributed by atoms with Gasteiger partial charge in [-0.3, -0.25) is 4.79 Å². The molecule has 156 valence electrons. The summed E-state index contributed by atoms with van der Waals surface area (Å²) in [5.41, 5.74) is 1.53. The third-order valence-corrected chi connectivity index (χ3v) is 5.75. The molecule has 1 aromatic heterocycles. The standard InChI is InChI=1S/C22H23FN4O2S/c1-2-26-10-12-27(13-11-26)21(28)17-4-3-5-19(15-17)29-22-24-20(25-30-22)14-16-6-8-18(23)9-7-16/h3-9,15H,2,10-14H2,1H3. The number of halogens is 1. The van der Waals surface area contributed by atoms with Gasteiger partial charge >= 0.3 is 0 Å². The molecule has 0 aliphatic carbocycles. The maximum Gasteiger partial charge on any atom is 0.298 e. The summed E-state index contributed by atoms with van der Waals surface area (Å²) in [6.45, 7) is 6.43. The van der Waals surface area contributed by atoms with Gasteiger partial charge < -0.3 is 14.5 Å². The van der Waals surface area contributed by atoms with Gasteiger partial charge in [0, 0.05) is 49.7 Å². The molecule has 0 radical (unpaired) electrons. The fourth-order valence-corrected chi connectivity index (χ4v) is 3.95. The van der Waals surface area contributed by atoms with E-state index in [4.69, 9.17) is 4.74 Å². The molecule has 1 aliphatic heterocycles. The molecule has 2 aromatic carbocycles. The quantitative estimate of drug-likeness (QED) is 0.600. The van der Waals surface area contributed by atoms with Crippen LogP contribution in [0.4, 0.5) is 4.39 Å². The molecule has 1 fully saturated rings. The van der Waals surface area contributed by atoms with Crippen molar-refractivity contribution in [3.8, 4) is 10.9 Å². The summed E-state index contributed by atoms with van der Waals surface area (Å²) < 4.78 is 23.2. The molecular formula is C22H23FN4O2S. The van der Waals surface area contributed by atoms with E-state index in [-0.39, 0.29) is 11.7 Å². The van der Waals surface area contributed by atoms with Crippen LogP contribution in [0.1, 0.15) is 28.7 Å². The Morgan fingerprint density at radius 3 is 2.63 bits per heavy atom. The number of rotatable bonds is 6. The van der Waals surface area contributed by atoms with Gasteiger partial charge in [0.05, 0.1) is 0 Å². The summed E-state index contributed by atoms with van der Waals surface area (Å²) in [6.07, 6.45) is 0.502. The second-order valence-electron chi connectivity index (χ2n) is 7.14. The molecule has 1 aliphatic rings. The van der Waals surface area contributed by atoms with E-state index in [1.165, 1.54) is 12.1 Å². The minimum atomic E-state index is -0.268. The monoisotopic (exact) mass is 426 g/mol. The molecule has 0 spiro atoms. The number of benzene rings is 2. The lowest BCUT2D eigenvalue weighted by Gasteiger charge is -2.34. The average molecular weight is 427 g/mol. The number of hydrogen-bond donors (Lipinski definition) is 0. The second kappa shape index (κ2) is 9.32. The Labute approximate surface area is 179 Å². The van der Waals surface area contributed by atoms with Gasteiger partial charge in [-0.2, -0.15) is 9.36 Å². The summed E-state index contributed by atoms with van der Waals surface area (Å²) in [7, 11) is 0. The molecule has 3 aromatic rings. The normalized spacial score (nSPS) is 14.7. The first kappa shape index (κ1) is 20.4. The Morgan fingerprint density at radius 1 is 1.13 bits per heavy atom. The van der Waals surface area contributed by atoms with Crippen molar-refractivity contribution in [2.75, 3.05) is 32.7 Å². The number of likely N-dealkylation sites (N-methyl/N-ethyl adjacent to an activating group) is 1. The number of amides is 1. The van der Waals surface area contributed by atoms with Gasteiger partial charge in [-0.05, 0) is 42.4 Å². The van der Waals surface area contributed by atoms with E-state index in [2.05, 4.69) is 21.2 Å². The average Bonchev–Trinajstić information content (AvgIpc) is 3.21. The minimum absolute atomic E-state index is 0.0189. The Bertz CT molecular complexity index is 1000. The molecule has 0 N–H and O–H groups in total. The van der Waals surface area contributed by atoms with Crippen LogP contribution < -0.4 is 4.74 Å². The third kappa shape index (κ3) is 5.01. The molecule has 30 heavy (non-hydrogen) atoms. The van der Waals surface area contributed by atoms with Crippen molar-refractivity contribution in [2.45, 2.75) is 13.3 Å². The van der Waals surface area contributed by atoms with Crippen molar-refractivity contribution in [2.24, 2.45) is 0 Å². The maximum atomic E-state index is 13.0. The van der Waals surface area contributed by atoms with Crippen LogP contribution in [-0.2, 0) is 6.42 Å². The zero-order chi connectivity index (χ0) is 20.9. The first-order chi connectivity index (χ1) is 14.6. The molecule has 8 heteroatoms. The lowest BCUT2D eigenvalue weighted by molar-refractivity contribution is 0.0643. The van der Waals surface area contributed by atoms with E-state index in [9.17, 15) is 9.18 Å². The number of aromatic nitrogens is 2. The van der Waals surface area contributed by atoms with Crippen LogP contribution in [0.3, 0.4) is 0 Å². The molecule has 0 bridgehead atoms. The van der Waals surface area contributed by atoms with Crippen LogP contribution >= 0.6 is 11.5 Å². The van der Waals surface area contributed by atoms with Crippen molar-refractivity contribution in [1.29, 1.82) is 0 Å². The number of carbonyl (C=O) groups is 1. The highest BCUT2D eigenvalue weighted by atomic mass is 32.1. The van der Waals surface area contributed by atoms with Gasteiger partial charge in [-0.15, -0.1) is 0 Å². The first-order valence-electron chi connectivity index (χ1n) is 9.97. The lowest BCUT2D eigenvalue weighted by Crippen LogP contribution is -2.48. The second-order valence-corrected chi connectivity index (χ2v) is 7.85. The molecule has 6 nitrogen and oxygen atoms in total. The van der Waals surface area contributed by atoms with E-state index >= 15 is 0 Å². The van der Waals surface area contributed by atoms with E-state index in [1.807, 2.05) is 11.0 Å². The van der Waals surface area contributed by atoms with Gasteiger partial charge in [0.2, 0.25) is 0 Å². The van der Waals surface area contributed by atoms with Crippen LogP contribution in [0.5, 0.6) is 10.9 Å². The van der Waals surface area contributed by atoms with Crippen molar-refractivity contribution < 1.29 is 13.9 Å². The third-order valence-electron chi connectivity index (χ3n) is 5.12. The van der Waals surface area contributed by atoms with E-state index < -0.39 is 0 Å². The van der Waals surface area contributed by atoms with Gasteiger partial charge in [0.15, 0.2) is 5.82 Å². The Morgan fingerprint density at radius 2 is 1.90 bits per heavy atom. The molecule has 4 rings (SSSR count). The van der Waals surface area contributed by atoms with Crippen LogP contribution in [0.25, 0.3) is 0 Å². The van der Waals surface area contributed by atoms with Crippen molar-refractivity contribution in [3.63, 3.8) is 0 Å². The van der Waals surface area contributed by atoms with Crippen molar-refractivity contribution in [1.82, 2.24) is 19.2 Å². The molecule has 2 heterocycles. The summed E-state index contributed by atoms with van der Waals surface area (Å²) in [6, 6.07) is 13.4. The highest BCUT2D eigenvalue weighted by Gasteiger charge is 2.21. The van der Waals surface area contributed by atoms with E-state index in [0.29, 0.717) is 28.8 Å². The van der Waals surface area contributed by atoms with Crippen LogP contribution in [-0.4, -0.2) is 57.8 Å². The van der Waals surface area contributed by atoms with Gasteiger partial charge in [0.1, 0.15) is 11.6 Å². The highest BCUT2D eigenvalue weighted by molar-refractivity contribution is 7.07. The molecule has 0 atom stereocenters. The minimum Gasteiger partial charge on any atom is -0.430 e. The number of ether oxygens (including phenoxy) is 1. The van der Waals surface area contributed by atoms with Crippen molar-refractivity contribution >= 4 is 17.4 Å². The number of piperazine rings is 1. The van der Waals surface area contributed by atoms with Crippen LogP contribution in [0.2, 0.25) is 0 Å². The Balaban J connectivity index is 1.39. The Kier molecular flexibility index (Phi) is 6.35. The van der Waals surface area contributed by atoms with Crippen LogP contribution in [0.15, 0.2) is 48.5 Å². The number of hydrogen-bond acceptors (Lipinski definition) is 6. The Hall–Kier alpha value is -2.84. The predicted molar refractivity (Wildman–Crippen MR) is 114 cm³/mol. The molecule has 1 amide bonds. The van der Waals surface area contributed by atoms with Gasteiger partial charge in [-0.25, -0.2) is 4.39 Å². The largest absolute Gasteiger partial charge is 0.430 e. The molecule has 0 unspecified atom stereocenters. The molecule has 1 saturated heterocycles. The molecular weight excluding hydrogens is 403 g/mol. The van der Waals surface area contributed by atoms with E-state index in [1.54, 1.807) is 30.3 Å². The predicted octanol–water partition coefficient (Wildman–Crippen LogP) is 3.84. The molecule has 0 saturated carbocycles. The summed E-state index contributed by atoms with van der Waals surface area (Å²) in [5.74, 6) is 0.918. The van der Waals surface area contributed by atoms with Gasteiger partial charge in [0.25, 0.3) is 11.1 Å². The van der Waals surface area contributed by atoms with Gasteiger partial charge in [-0.1, -0.05) is 25.1 Å². The first-order valence-corrected chi connectivity index (χ1v) is 10.7. The fraction of sp³-hybridized carbons (Fsp3) is 0.318. The smallest absolute Gasteiger partial charge is 0.298 e. The fourth-order valence-electron chi connectivity index (χ4n) is 3.38. The zero-order valence-corrected chi connectivity index (χ0v) is 17.6. The SMILES string of the molecule is CCN1CCN(C(=O)c2cccc(Oc3nc(Cc4ccc(F)cc4)ns3)c2)CC1. The lowest BCUT2D eigenvalue weighted by atomic mass is 10.1. The number of nitrogens with zero attached hydrogens (tertiary/aromatic N) is 4. The highest BCUT2D eigenvalue weighted by Crippen LogP contribution is 2.25. The maximum absolute atomic E-state index is 13.0. The summed E-state index contributed by atoms with van der Waals surface area (Å²) >= 11 is 1.15. The van der Waals surface area contributed by atoms with Crippen LogP contribution in [0, 0.1) is 5.82 Å². The number of carbonyl (C=O) groups excluding carboxylic acids is 1. The van der Waals surface area contributed by atoms with Crippen molar-refractivity contribution in [3.05, 3.63) is 71.3 Å². The van der Waals surface area contributed by atoms with E-state index in [0.717, 1.165) is 49.8 Å².